The molecular weight excluding hydrogens is 285 g/mol. The number of hydrogen-bond acceptors (Lipinski definition) is 3. The third kappa shape index (κ3) is 4.71. The molecule has 0 saturated carbocycles. The maximum atomic E-state index is 12.7. The van der Waals surface area contributed by atoms with Gasteiger partial charge < -0.3 is 4.90 Å². The summed E-state index contributed by atoms with van der Waals surface area (Å²) < 4.78 is 38.1. The van der Waals surface area contributed by atoms with Crippen LogP contribution < -0.4 is 0 Å². The number of amides is 1. The maximum Gasteiger partial charge on any atom is 0.406 e. The number of rotatable bonds is 6. The maximum absolute atomic E-state index is 12.7. The SMILES string of the molecule is CCC(CC)N(CC(F)(F)F)C(=O)c1n[nH]c(C(C)C)n1. The van der Waals surface area contributed by atoms with Crippen molar-refractivity contribution in [3.63, 3.8) is 0 Å². The zero-order valence-electron chi connectivity index (χ0n) is 12.7. The van der Waals surface area contributed by atoms with E-state index in [1.807, 2.05) is 13.8 Å². The highest BCUT2D eigenvalue weighted by Gasteiger charge is 2.37. The smallest absolute Gasteiger partial charge is 0.324 e. The number of aromatic amines is 1. The van der Waals surface area contributed by atoms with Gasteiger partial charge in [-0.25, -0.2) is 4.98 Å². The summed E-state index contributed by atoms with van der Waals surface area (Å²) >= 11 is 0. The Bertz CT molecular complexity index is 466. The first-order chi connectivity index (χ1) is 9.69. The predicted octanol–water partition coefficient (Wildman–Crippen LogP) is 3.12. The average molecular weight is 306 g/mol. The van der Waals surface area contributed by atoms with Crippen molar-refractivity contribution in [2.45, 2.75) is 58.7 Å². The highest BCUT2D eigenvalue weighted by Crippen LogP contribution is 2.22. The first kappa shape index (κ1) is 17.5. The molecule has 0 aliphatic rings. The van der Waals surface area contributed by atoms with Gasteiger partial charge in [0.05, 0.1) is 0 Å². The molecule has 120 valence electrons. The summed E-state index contributed by atoms with van der Waals surface area (Å²) in [5.74, 6) is -0.503. The molecule has 8 heteroatoms. The first-order valence-corrected chi connectivity index (χ1v) is 6.99. The van der Waals surface area contributed by atoms with Crippen molar-refractivity contribution < 1.29 is 18.0 Å². The van der Waals surface area contributed by atoms with Gasteiger partial charge in [-0.05, 0) is 12.8 Å². The van der Waals surface area contributed by atoms with Gasteiger partial charge >= 0.3 is 6.18 Å². The zero-order valence-corrected chi connectivity index (χ0v) is 12.7. The van der Waals surface area contributed by atoms with Crippen LogP contribution in [0.3, 0.4) is 0 Å². The fourth-order valence-electron chi connectivity index (χ4n) is 2.05. The lowest BCUT2D eigenvalue weighted by Gasteiger charge is -2.30. The number of carbonyl (C=O) groups excluding carboxylic acids is 1. The van der Waals surface area contributed by atoms with Crippen molar-refractivity contribution in [1.82, 2.24) is 20.1 Å². The van der Waals surface area contributed by atoms with Crippen LogP contribution in [0.1, 0.15) is 62.9 Å². The highest BCUT2D eigenvalue weighted by atomic mass is 19.4. The molecule has 0 bridgehead atoms. The first-order valence-electron chi connectivity index (χ1n) is 6.99. The van der Waals surface area contributed by atoms with E-state index in [1.165, 1.54) is 0 Å². The number of aromatic nitrogens is 3. The van der Waals surface area contributed by atoms with Crippen molar-refractivity contribution in [3.8, 4) is 0 Å². The number of nitrogens with zero attached hydrogens (tertiary/aromatic N) is 3. The molecule has 0 saturated heterocycles. The van der Waals surface area contributed by atoms with E-state index in [0.717, 1.165) is 4.90 Å². The molecular formula is C13H21F3N4O. The van der Waals surface area contributed by atoms with Crippen molar-refractivity contribution in [2.24, 2.45) is 0 Å². The van der Waals surface area contributed by atoms with Crippen molar-refractivity contribution >= 4 is 5.91 Å². The van der Waals surface area contributed by atoms with Gasteiger partial charge in [-0.2, -0.15) is 13.2 Å². The molecule has 0 atom stereocenters. The summed E-state index contributed by atoms with van der Waals surface area (Å²) in [5, 5.41) is 6.33. The average Bonchev–Trinajstić information content (AvgIpc) is 2.86. The summed E-state index contributed by atoms with van der Waals surface area (Å²) in [6.45, 7) is 5.92. The molecule has 0 aliphatic carbocycles. The molecule has 1 rings (SSSR count). The topological polar surface area (TPSA) is 61.9 Å². The summed E-state index contributed by atoms with van der Waals surface area (Å²) in [6.07, 6.45) is -3.56. The van der Waals surface area contributed by atoms with Gasteiger partial charge in [-0.3, -0.25) is 9.89 Å². The summed E-state index contributed by atoms with van der Waals surface area (Å²) in [6, 6.07) is -0.486. The lowest BCUT2D eigenvalue weighted by Crippen LogP contribution is -2.45. The van der Waals surface area contributed by atoms with E-state index in [2.05, 4.69) is 15.2 Å². The van der Waals surface area contributed by atoms with Gasteiger partial charge in [0.1, 0.15) is 12.4 Å². The van der Waals surface area contributed by atoms with Crippen LogP contribution in [-0.2, 0) is 0 Å². The minimum atomic E-state index is -4.45. The van der Waals surface area contributed by atoms with Gasteiger partial charge in [0.2, 0.25) is 5.82 Å². The van der Waals surface area contributed by atoms with Gasteiger partial charge in [0.25, 0.3) is 5.91 Å². The van der Waals surface area contributed by atoms with Crippen LogP contribution in [0.5, 0.6) is 0 Å². The molecule has 0 aliphatic heterocycles. The second-order valence-electron chi connectivity index (χ2n) is 5.22. The van der Waals surface area contributed by atoms with E-state index < -0.39 is 24.7 Å². The second-order valence-corrected chi connectivity index (χ2v) is 5.22. The number of H-pyrrole nitrogens is 1. The molecule has 0 unspecified atom stereocenters. The third-order valence-corrected chi connectivity index (χ3v) is 3.23. The third-order valence-electron chi connectivity index (χ3n) is 3.23. The molecule has 0 radical (unpaired) electrons. The van der Waals surface area contributed by atoms with Crippen molar-refractivity contribution in [1.29, 1.82) is 0 Å². The molecule has 1 amide bonds. The van der Waals surface area contributed by atoms with E-state index in [9.17, 15) is 18.0 Å². The normalized spacial score (nSPS) is 12.2. The standard InChI is InChI=1S/C13H21F3N4O/c1-5-9(6-2)20(7-13(14,15)16)12(21)11-17-10(8(3)4)18-19-11/h8-9H,5-7H2,1-4H3,(H,17,18,19). The summed E-state index contributed by atoms with van der Waals surface area (Å²) in [4.78, 5) is 17.1. The van der Waals surface area contributed by atoms with E-state index >= 15 is 0 Å². The Hall–Kier alpha value is -1.60. The van der Waals surface area contributed by atoms with Crippen LogP contribution in [0.4, 0.5) is 13.2 Å². The summed E-state index contributed by atoms with van der Waals surface area (Å²) in [7, 11) is 0. The molecule has 1 aromatic heterocycles. The van der Waals surface area contributed by atoms with Gasteiger partial charge in [0.15, 0.2) is 0 Å². The van der Waals surface area contributed by atoms with E-state index in [-0.39, 0.29) is 11.7 Å². The number of alkyl halides is 3. The van der Waals surface area contributed by atoms with E-state index in [4.69, 9.17) is 0 Å². The molecule has 0 spiro atoms. The van der Waals surface area contributed by atoms with Crippen LogP contribution in [0.25, 0.3) is 0 Å². The Morgan fingerprint density at radius 3 is 2.24 bits per heavy atom. The summed E-state index contributed by atoms with van der Waals surface area (Å²) in [5.41, 5.74) is 0. The van der Waals surface area contributed by atoms with Crippen LogP contribution in [0.2, 0.25) is 0 Å². The lowest BCUT2D eigenvalue weighted by atomic mass is 10.1. The Labute approximate surface area is 121 Å². The van der Waals surface area contributed by atoms with Gasteiger partial charge in [0, 0.05) is 12.0 Å². The van der Waals surface area contributed by atoms with Crippen molar-refractivity contribution in [3.05, 3.63) is 11.6 Å². The van der Waals surface area contributed by atoms with Crippen LogP contribution in [-0.4, -0.2) is 44.8 Å². The monoisotopic (exact) mass is 306 g/mol. The Balaban J connectivity index is 3.03. The van der Waals surface area contributed by atoms with Crippen LogP contribution in [0.15, 0.2) is 0 Å². The largest absolute Gasteiger partial charge is 0.406 e. The Morgan fingerprint density at radius 1 is 1.29 bits per heavy atom. The Morgan fingerprint density at radius 2 is 1.86 bits per heavy atom. The number of halogens is 3. The molecule has 5 nitrogen and oxygen atoms in total. The highest BCUT2D eigenvalue weighted by molar-refractivity contribution is 5.90. The molecule has 1 N–H and O–H groups in total. The molecule has 1 heterocycles. The number of nitrogens with one attached hydrogen (secondary N) is 1. The van der Waals surface area contributed by atoms with Crippen LogP contribution in [0, 0.1) is 0 Å². The fraction of sp³-hybridized carbons (Fsp3) is 0.769. The Kier molecular flexibility index (Phi) is 5.74. The minimum Gasteiger partial charge on any atom is -0.324 e. The van der Waals surface area contributed by atoms with E-state index in [1.54, 1.807) is 13.8 Å². The molecule has 21 heavy (non-hydrogen) atoms. The predicted molar refractivity (Wildman–Crippen MR) is 71.9 cm³/mol. The quantitative estimate of drug-likeness (QED) is 0.878. The fourth-order valence-corrected chi connectivity index (χ4v) is 2.05. The lowest BCUT2D eigenvalue weighted by molar-refractivity contribution is -0.145. The van der Waals surface area contributed by atoms with E-state index in [0.29, 0.717) is 18.7 Å². The molecule has 0 aromatic carbocycles. The number of carbonyl (C=O) groups is 1. The van der Waals surface area contributed by atoms with Crippen LogP contribution >= 0.6 is 0 Å². The minimum absolute atomic E-state index is 0.0169. The molecule has 1 aromatic rings. The number of hydrogen-bond donors (Lipinski definition) is 1. The molecule has 0 fully saturated rings. The zero-order chi connectivity index (χ0) is 16.2. The van der Waals surface area contributed by atoms with Crippen molar-refractivity contribution in [2.75, 3.05) is 6.54 Å². The second kappa shape index (κ2) is 6.91. The van der Waals surface area contributed by atoms with Gasteiger partial charge in [-0.15, -0.1) is 5.10 Å². The van der Waals surface area contributed by atoms with Gasteiger partial charge in [-0.1, -0.05) is 27.7 Å².